The zero-order valence-electron chi connectivity index (χ0n) is 10.3. The summed E-state index contributed by atoms with van der Waals surface area (Å²) in [5.41, 5.74) is 7.39. The Labute approximate surface area is 104 Å². The van der Waals surface area contributed by atoms with Crippen molar-refractivity contribution in [3.05, 3.63) is 11.5 Å². The van der Waals surface area contributed by atoms with Gasteiger partial charge in [-0.05, 0) is 0 Å². The van der Waals surface area contributed by atoms with E-state index >= 15 is 0 Å². The minimum atomic E-state index is -0.817. The molecule has 98 valence electrons. The number of hydrogen-bond acceptors (Lipinski definition) is 5. The Hall–Kier alpha value is -2.38. The number of aliphatic hydroxyl groups excluding tert-OH is 1. The van der Waals surface area contributed by atoms with Gasteiger partial charge in [-0.1, -0.05) is 6.92 Å². The standard InChI is InChI=1S/C10H15N5O3/c1-5-6(13-14-10(11)18)4-12-8(16)7(5)9(17)15(2)3/h4-5,16H,1-3H3,(H3,11,14,18). The van der Waals surface area contributed by atoms with Crippen molar-refractivity contribution in [3.63, 3.8) is 0 Å². The molecule has 0 saturated heterocycles. The summed E-state index contributed by atoms with van der Waals surface area (Å²) in [6.07, 6.45) is 1.27. The summed E-state index contributed by atoms with van der Waals surface area (Å²) in [6.45, 7) is 1.67. The highest BCUT2D eigenvalue weighted by Crippen LogP contribution is 2.21. The fourth-order valence-corrected chi connectivity index (χ4v) is 1.42. The minimum absolute atomic E-state index is 0.118. The van der Waals surface area contributed by atoms with Gasteiger partial charge in [0.1, 0.15) is 0 Å². The first-order chi connectivity index (χ1) is 8.34. The Balaban J connectivity index is 3.04. The number of hydrazone groups is 1. The van der Waals surface area contributed by atoms with Gasteiger partial charge < -0.3 is 15.7 Å². The number of primary amides is 1. The Morgan fingerprint density at radius 3 is 2.67 bits per heavy atom. The van der Waals surface area contributed by atoms with Crippen molar-refractivity contribution >= 4 is 23.9 Å². The molecule has 0 fully saturated rings. The van der Waals surface area contributed by atoms with Gasteiger partial charge in [0.25, 0.3) is 5.91 Å². The van der Waals surface area contributed by atoms with E-state index in [-0.39, 0.29) is 17.4 Å². The number of hydrogen-bond donors (Lipinski definition) is 3. The van der Waals surface area contributed by atoms with Gasteiger partial charge in [-0.15, -0.1) is 0 Å². The Kier molecular flexibility index (Phi) is 4.03. The van der Waals surface area contributed by atoms with Gasteiger partial charge in [-0.3, -0.25) is 4.79 Å². The van der Waals surface area contributed by atoms with Crippen molar-refractivity contribution in [2.24, 2.45) is 21.7 Å². The van der Waals surface area contributed by atoms with Crippen molar-refractivity contribution in [1.82, 2.24) is 10.3 Å². The number of aliphatic imine (C=N–C) groups is 1. The maximum atomic E-state index is 11.9. The number of rotatable bonds is 2. The predicted octanol–water partition coefficient (Wildman–Crippen LogP) is -0.411. The second kappa shape index (κ2) is 5.30. The number of nitrogens with zero attached hydrogens (tertiary/aromatic N) is 3. The monoisotopic (exact) mass is 253 g/mol. The van der Waals surface area contributed by atoms with Crippen LogP contribution in [0.15, 0.2) is 21.6 Å². The summed E-state index contributed by atoms with van der Waals surface area (Å²) >= 11 is 0. The van der Waals surface area contributed by atoms with E-state index in [1.165, 1.54) is 11.1 Å². The van der Waals surface area contributed by atoms with Gasteiger partial charge in [0.2, 0.25) is 5.88 Å². The highest BCUT2D eigenvalue weighted by atomic mass is 16.3. The van der Waals surface area contributed by atoms with Crippen molar-refractivity contribution in [2.75, 3.05) is 14.1 Å². The quantitative estimate of drug-likeness (QED) is 0.580. The highest BCUT2D eigenvalue weighted by molar-refractivity contribution is 6.34. The van der Waals surface area contributed by atoms with E-state index in [9.17, 15) is 14.7 Å². The lowest BCUT2D eigenvalue weighted by molar-refractivity contribution is -0.125. The van der Waals surface area contributed by atoms with Crippen LogP contribution in [0.2, 0.25) is 0 Å². The second-order valence-corrected chi connectivity index (χ2v) is 3.93. The van der Waals surface area contributed by atoms with Gasteiger partial charge in [0.15, 0.2) is 0 Å². The van der Waals surface area contributed by atoms with E-state index in [0.29, 0.717) is 5.71 Å². The Bertz CT molecular complexity index is 464. The molecule has 4 N–H and O–H groups in total. The molecule has 8 nitrogen and oxygen atoms in total. The molecule has 0 aromatic rings. The van der Waals surface area contributed by atoms with E-state index in [4.69, 9.17) is 5.73 Å². The average molecular weight is 253 g/mol. The fraction of sp³-hybridized carbons (Fsp3) is 0.400. The van der Waals surface area contributed by atoms with Crippen LogP contribution < -0.4 is 11.2 Å². The summed E-state index contributed by atoms with van der Waals surface area (Å²) in [7, 11) is 3.12. The van der Waals surface area contributed by atoms with Crippen LogP contribution in [0.4, 0.5) is 4.79 Å². The topological polar surface area (TPSA) is 120 Å². The van der Waals surface area contributed by atoms with Crippen LogP contribution in [-0.4, -0.2) is 48.0 Å². The second-order valence-electron chi connectivity index (χ2n) is 3.93. The van der Waals surface area contributed by atoms with Crippen molar-refractivity contribution in [1.29, 1.82) is 0 Å². The summed E-state index contributed by atoms with van der Waals surface area (Å²) < 4.78 is 0. The molecule has 1 unspecified atom stereocenters. The third kappa shape index (κ3) is 2.84. The maximum absolute atomic E-state index is 11.9. The largest absolute Gasteiger partial charge is 0.493 e. The van der Waals surface area contributed by atoms with Gasteiger partial charge in [0.05, 0.1) is 17.5 Å². The first-order valence-electron chi connectivity index (χ1n) is 5.16. The molecule has 3 amide bonds. The molecule has 1 aliphatic heterocycles. The van der Waals surface area contributed by atoms with Crippen LogP contribution in [-0.2, 0) is 4.79 Å². The van der Waals surface area contributed by atoms with Crippen molar-refractivity contribution < 1.29 is 14.7 Å². The molecule has 8 heteroatoms. The number of carbonyl (C=O) groups is 2. The molecule has 1 rings (SSSR count). The smallest absolute Gasteiger partial charge is 0.332 e. The molecule has 1 atom stereocenters. The molecular formula is C10H15N5O3. The molecule has 0 aliphatic carbocycles. The number of carbonyl (C=O) groups excluding carboxylic acids is 2. The zero-order chi connectivity index (χ0) is 13.9. The van der Waals surface area contributed by atoms with Crippen LogP contribution in [0, 0.1) is 5.92 Å². The zero-order valence-corrected chi connectivity index (χ0v) is 10.3. The lowest BCUT2D eigenvalue weighted by atomic mass is 9.93. The molecule has 0 radical (unpaired) electrons. The minimum Gasteiger partial charge on any atom is -0.493 e. The molecule has 0 bridgehead atoms. The average Bonchev–Trinajstić information content (AvgIpc) is 2.27. The van der Waals surface area contributed by atoms with Crippen LogP contribution >= 0.6 is 0 Å². The van der Waals surface area contributed by atoms with Crippen LogP contribution in [0.3, 0.4) is 0 Å². The molecule has 1 heterocycles. The normalized spacial score (nSPS) is 21.1. The first kappa shape index (κ1) is 13.7. The number of amides is 3. The van der Waals surface area contributed by atoms with Gasteiger partial charge in [0, 0.05) is 20.0 Å². The number of likely N-dealkylation sites (N-methyl/N-ethyl adjacent to an activating group) is 1. The number of urea groups is 1. The third-order valence-corrected chi connectivity index (χ3v) is 2.37. The van der Waals surface area contributed by atoms with Gasteiger partial charge in [-0.25, -0.2) is 15.2 Å². The van der Waals surface area contributed by atoms with E-state index in [2.05, 4.69) is 15.5 Å². The highest BCUT2D eigenvalue weighted by Gasteiger charge is 2.29. The summed E-state index contributed by atoms with van der Waals surface area (Å²) in [6, 6.07) is -0.817. The SMILES string of the molecule is CC1C(=NNC(N)=O)C=NC(O)=C1C(=O)N(C)C. The van der Waals surface area contributed by atoms with E-state index in [1.54, 1.807) is 21.0 Å². The van der Waals surface area contributed by atoms with E-state index in [1.807, 2.05) is 0 Å². The van der Waals surface area contributed by atoms with E-state index in [0.717, 1.165) is 0 Å². The van der Waals surface area contributed by atoms with Crippen molar-refractivity contribution in [3.8, 4) is 0 Å². The third-order valence-electron chi connectivity index (χ3n) is 2.37. The predicted molar refractivity (Wildman–Crippen MR) is 66.2 cm³/mol. The van der Waals surface area contributed by atoms with Crippen molar-refractivity contribution in [2.45, 2.75) is 6.92 Å². The van der Waals surface area contributed by atoms with Gasteiger partial charge >= 0.3 is 6.03 Å². The molecule has 0 aromatic heterocycles. The number of aliphatic hydroxyl groups is 1. The Morgan fingerprint density at radius 2 is 2.17 bits per heavy atom. The fourth-order valence-electron chi connectivity index (χ4n) is 1.42. The molecule has 18 heavy (non-hydrogen) atoms. The lowest BCUT2D eigenvalue weighted by Gasteiger charge is -2.21. The molecule has 1 aliphatic rings. The van der Waals surface area contributed by atoms with E-state index < -0.39 is 11.9 Å². The summed E-state index contributed by atoms with van der Waals surface area (Å²) in [5, 5.41) is 13.3. The first-order valence-corrected chi connectivity index (χ1v) is 5.16. The summed E-state index contributed by atoms with van der Waals surface area (Å²) in [5.74, 6) is -1.22. The summed E-state index contributed by atoms with van der Waals surface area (Å²) in [4.78, 5) is 27.4. The molecule has 0 aromatic carbocycles. The molecule has 0 spiro atoms. The Morgan fingerprint density at radius 1 is 1.56 bits per heavy atom. The van der Waals surface area contributed by atoms with Gasteiger partial charge in [-0.2, -0.15) is 5.10 Å². The molecule has 0 saturated carbocycles. The van der Waals surface area contributed by atoms with Crippen LogP contribution in [0.1, 0.15) is 6.92 Å². The van der Waals surface area contributed by atoms with Crippen LogP contribution in [0.25, 0.3) is 0 Å². The lowest BCUT2D eigenvalue weighted by Crippen LogP contribution is -2.34. The van der Waals surface area contributed by atoms with Crippen LogP contribution in [0.5, 0.6) is 0 Å². The number of nitrogens with one attached hydrogen (secondary N) is 1. The number of nitrogens with two attached hydrogens (primary N) is 1. The maximum Gasteiger partial charge on any atom is 0.332 e. The molecular weight excluding hydrogens is 238 g/mol.